The van der Waals surface area contributed by atoms with E-state index in [2.05, 4.69) is 21.1 Å². The topological polar surface area (TPSA) is 113 Å². The molecule has 9 heteroatoms. The van der Waals surface area contributed by atoms with Crippen LogP contribution in [-0.4, -0.2) is 28.1 Å². The highest BCUT2D eigenvalue weighted by Gasteiger charge is 2.18. The van der Waals surface area contributed by atoms with Crippen molar-refractivity contribution in [1.82, 2.24) is 10.5 Å². The van der Waals surface area contributed by atoms with Crippen molar-refractivity contribution in [2.45, 2.75) is 30.9 Å². The molecule has 4 rings (SSSR count). The molecule has 0 saturated heterocycles. The number of amides is 3. The van der Waals surface area contributed by atoms with Gasteiger partial charge in [-0.1, -0.05) is 59.3 Å². The van der Waals surface area contributed by atoms with Crippen LogP contribution < -0.4 is 16.0 Å². The standard InChI is InChI=1S/C30H28N4O4S/c1-19-9-7-10-22(15-19)17-26(32-29(36)23-11-5-4-6-12-23)30(37)31-24-13-8-14-25(18-24)39-21(3)28(35)33-27-16-20(2)38-34-27/h4-18,21H,1-3H3,(H,31,37)(H,32,36)(H,33,34,35)/b26-17+. The fourth-order valence-corrected chi connectivity index (χ4v) is 4.55. The Morgan fingerprint density at radius 3 is 2.38 bits per heavy atom. The quantitative estimate of drug-likeness (QED) is 0.182. The molecule has 0 radical (unpaired) electrons. The molecule has 3 aromatic carbocycles. The molecule has 1 atom stereocenters. The minimum atomic E-state index is -0.477. The molecule has 0 bridgehead atoms. The van der Waals surface area contributed by atoms with Gasteiger partial charge in [-0.05, 0) is 62.7 Å². The average Bonchev–Trinajstić information content (AvgIpc) is 3.33. The van der Waals surface area contributed by atoms with Gasteiger partial charge < -0.3 is 20.5 Å². The van der Waals surface area contributed by atoms with Crippen molar-refractivity contribution >= 4 is 47.1 Å². The first-order valence-electron chi connectivity index (χ1n) is 12.2. The maximum Gasteiger partial charge on any atom is 0.272 e. The van der Waals surface area contributed by atoms with Gasteiger partial charge in [-0.2, -0.15) is 0 Å². The van der Waals surface area contributed by atoms with E-state index in [9.17, 15) is 14.4 Å². The van der Waals surface area contributed by atoms with Crippen molar-refractivity contribution in [2.24, 2.45) is 0 Å². The molecule has 39 heavy (non-hydrogen) atoms. The van der Waals surface area contributed by atoms with E-state index in [1.54, 1.807) is 68.5 Å². The normalized spacial score (nSPS) is 11.9. The molecule has 0 spiro atoms. The molecule has 3 N–H and O–H groups in total. The first-order chi connectivity index (χ1) is 18.8. The lowest BCUT2D eigenvalue weighted by Gasteiger charge is -2.13. The van der Waals surface area contributed by atoms with Gasteiger partial charge in [0, 0.05) is 22.2 Å². The van der Waals surface area contributed by atoms with Crippen LogP contribution in [0.1, 0.15) is 34.2 Å². The Morgan fingerprint density at radius 1 is 0.897 bits per heavy atom. The van der Waals surface area contributed by atoms with Crippen LogP contribution in [0.5, 0.6) is 0 Å². The molecule has 0 aliphatic heterocycles. The summed E-state index contributed by atoms with van der Waals surface area (Å²) in [6.07, 6.45) is 1.64. The molecule has 1 heterocycles. The van der Waals surface area contributed by atoms with Gasteiger partial charge in [0.25, 0.3) is 11.8 Å². The molecule has 0 fully saturated rings. The molecule has 1 aromatic heterocycles. The van der Waals surface area contributed by atoms with E-state index in [4.69, 9.17) is 4.52 Å². The van der Waals surface area contributed by atoms with Crippen molar-refractivity contribution < 1.29 is 18.9 Å². The van der Waals surface area contributed by atoms with Crippen LogP contribution in [0.15, 0.2) is 100 Å². The van der Waals surface area contributed by atoms with Crippen molar-refractivity contribution in [3.63, 3.8) is 0 Å². The summed E-state index contributed by atoms with van der Waals surface area (Å²) in [5.74, 6) is -0.137. The molecule has 0 aliphatic carbocycles. The molecule has 0 aliphatic rings. The summed E-state index contributed by atoms with van der Waals surface area (Å²) in [6, 6.07) is 25.1. The number of benzene rings is 3. The van der Waals surface area contributed by atoms with E-state index in [-0.39, 0.29) is 11.6 Å². The number of anilines is 2. The van der Waals surface area contributed by atoms with Gasteiger partial charge in [0.2, 0.25) is 5.91 Å². The maximum absolute atomic E-state index is 13.3. The summed E-state index contributed by atoms with van der Waals surface area (Å²) in [7, 11) is 0. The van der Waals surface area contributed by atoms with Crippen LogP contribution in [0.2, 0.25) is 0 Å². The third-order valence-corrected chi connectivity index (χ3v) is 6.63. The Hall–Kier alpha value is -4.63. The van der Waals surface area contributed by atoms with E-state index in [1.165, 1.54) is 11.8 Å². The van der Waals surface area contributed by atoms with Crippen LogP contribution >= 0.6 is 11.8 Å². The average molecular weight is 541 g/mol. The number of aryl methyl sites for hydroxylation is 2. The molecule has 198 valence electrons. The smallest absolute Gasteiger partial charge is 0.272 e. The second-order valence-corrected chi connectivity index (χ2v) is 10.3. The second kappa shape index (κ2) is 12.7. The lowest BCUT2D eigenvalue weighted by Crippen LogP contribution is -2.30. The first kappa shape index (κ1) is 27.4. The van der Waals surface area contributed by atoms with E-state index in [0.29, 0.717) is 22.8 Å². The van der Waals surface area contributed by atoms with Gasteiger partial charge in [-0.15, -0.1) is 11.8 Å². The fourth-order valence-electron chi connectivity index (χ4n) is 3.63. The molecule has 0 saturated carbocycles. The zero-order valence-electron chi connectivity index (χ0n) is 21.7. The summed E-state index contributed by atoms with van der Waals surface area (Å²) in [5.41, 5.74) is 2.86. The number of aromatic nitrogens is 1. The first-order valence-corrected chi connectivity index (χ1v) is 13.1. The van der Waals surface area contributed by atoms with Gasteiger partial charge >= 0.3 is 0 Å². The maximum atomic E-state index is 13.3. The molecule has 3 amide bonds. The second-order valence-electron chi connectivity index (χ2n) is 8.85. The number of hydrogen-bond acceptors (Lipinski definition) is 6. The zero-order valence-corrected chi connectivity index (χ0v) is 22.5. The Balaban J connectivity index is 1.48. The molecular weight excluding hydrogens is 512 g/mol. The highest BCUT2D eigenvalue weighted by Crippen LogP contribution is 2.27. The molecule has 4 aromatic rings. The van der Waals surface area contributed by atoms with Crippen LogP contribution in [0.4, 0.5) is 11.5 Å². The van der Waals surface area contributed by atoms with Gasteiger partial charge in [0.15, 0.2) is 5.82 Å². The lowest BCUT2D eigenvalue weighted by molar-refractivity contribution is -0.115. The molecule has 1 unspecified atom stereocenters. The number of hydrogen-bond donors (Lipinski definition) is 3. The van der Waals surface area contributed by atoms with Gasteiger partial charge in [-0.3, -0.25) is 14.4 Å². The Bertz CT molecular complexity index is 1510. The number of thioether (sulfide) groups is 1. The van der Waals surface area contributed by atoms with Gasteiger partial charge in [0.05, 0.1) is 5.25 Å². The molecular formula is C30H28N4O4S. The summed E-state index contributed by atoms with van der Waals surface area (Å²) < 4.78 is 4.99. The highest BCUT2D eigenvalue weighted by molar-refractivity contribution is 8.00. The largest absolute Gasteiger partial charge is 0.360 e. The zero-order chi connectivity index (χ0) is 27.8. The SMILES string of the molecule is Cc1cccc(/C=C(/NC(=O)c2ccccc2)C(=O)Nc2cccc(SC(C)C(=O)Nc3cc(C)on3)c2)c1. The van der Waals surface area contributed by atoms with Crippen LogP contribution in [-0.2, 0) is 9.59 Å². The minimum Gasteiger partial charge on any atom is -0.360 e. The summed E-state index contributed by atoms with van der Waals surface area (Å²) in [5, 5.41) is 11.7. The predicted molar refractivity (Wildman–Crippen MR) is 153 cm³/mol. The third-order valence-electron chi connectivity index (χ3n) is 5.54. The lowest BCUT2D eigenvalue weighted by atomic mass is 10.1. The fraction of sp³-hybridized carbons (Fsp3) is 0.133. The van der Waals surface area contributed by atoms with E-state index in [0.717, 1.165) is 16.0 Å². The summed E-state index contributed by atoms with van der Waals surface area (Å²) in [4.78, 5) is 39.5. The summed E-state index contributed by atoms with van der Waals surface area (Å²) >= 11 is 1.33. The third kappa shape index (κ3) is 7.93. The molecule has 8 nitrogen and oxygen atoms in total. The number of carbonyl (C=O) groups excluding carboxylic acids is 3. The number of rotatable bonds is 9. The van der Waals surface area contributed by atoms with E-state index < -0.39 is 17.1 Å². The Kier molecular flexibility index (Phi) is 8.96. The number of nitrogens with zero attached hydrogens (tertiary/aromatic N) is 1. The monoisotopic (exact) mass is 540 g/mol. The van der Waals surface area contributed by atoms with Crippen LogP contribution in [0.3, 0.4) is 0 Å². The van der Waals surface area contributed by atoms with Crippen molar-refractivity contribution in [2.75, 3.05) is 10.6 Å². The van der Waals surface area contributed by atoms with Crippen LogP contribution in [0.25, 0.3) is 6.08 Å². The van der Waals surface area contributed by atoms with Crippen molar-refractivity contribution in [1.29, 1.82) is 0 Å². The van der Waals surface area contributed by atoms with E-state index in [1.807, 2.05) is 43.3 Å². The number of nitrogens with one attached hydrogen (secondary N) is 3. The predicted octanol–water partition coefficient (Wildman–Crippen LogP) is 5.82. The highest BCUT2D eigenvalue weighted by atomic mass is 32.2. The van der Waals surface area contributed by atoms with Crippen molar-refractivity contribution in [3.8, 4) is 0 Å². The summed E-state index contributed by atoms with van der Waals surface area (Å²) in [6.45, 7) is 5.48. The van der Waals surface area contributed by atoms with Gasteiger partial charge in [0.1, 0.15) is 11.5 Å². The van der Waals surface area contributed by atoms with Crippen molar-refractivity contribution in [3.05, 3.63) is 113 Å². The Morgan fingerprint density at radius 2 is 1.67 bits per heavy atom. The van der Waals surface area contributed by atoms with E-state index >= 15 is 0 Å². The van der Waals surface area contributed by atoms with Crippen LogP contribution in [0, 0.1) is 13.8 Å². The Labute approximate surface area is 230 Å². The minimum absolute atomic E-state index is 0.100. The number of carbonyl (C=O) groups is 3. The van der Waals surface area contributed by atoms with Gasteiger partial charge in [-0.25, -0.2) is 0 Å².